The van der Waals surface area contributed by atoms with E-state index >= 15 is 0 Å². The number of nitrogens with one attached hydrogen (secondary N) is 1. The molecule has 0 aliphatic rings. The molecule has 0 aliphatic heterocycles. The van der Waals surface area contributed by atoms with Crippen LogP contribution in [0.4, 0.5) is 10.2 Å². The Morgan fingerprint density at radius 2 is 1.95 bits per heavy atom. The summed E-state index contributed by atoms with van der Waals surface area (Å²) < 4.78 is 15.6. The van der Waals surface area contributed by atoms with Crippen LogP contribution in [0.25, 0.3) is 11.4 Å². The van der Waals surface area contributed by atoms with E-state index in [-0.39, 0.29) is 6.54 Å². The zero-order valence-electron chi connectivity index (χ0n) is 12.3. The van der Waals surface area contributed by atoms with Gasteiger partial charge >= 0.3 is 0 Å². The first kappa shape index (κ1) is 14.2. The van der Waals surface area contributed by atoms with Crippen LogP contribution in [-0.2, 0) is 20.1 Å². The summed E-state index contributed by atoms with van der Waals surface area (Å²) in [5.41, 5.74) is 0.983. The Kier molecular flexibility index (Phi) is 4.13. The molecule has 6 nitrogen and oxygen atoms in total. The number of hydrogen-bond acceptors (Lipinski definition) is 4. The van der Waals surface area contributed by atoms with Gasteiger partial charge in [0.25, 0.3) is 0 Å². The van der Waals surface area contributed by atoms with Crippen LogP contribution >= 0.6 is 0 Å². The van der Waals surface area contributed by atoms with Crippen LogP contribution in [0.5, 0.6) is 0 Å². The fraction of sp³-hybridized carbons (Fsp3) is 0.267. The average Bonchev–Trinajstić information content (AvgIpc) is 3.13. The number of benzene rings is 1. The van der Waals surface area contributed by atoms with Gasteiger partial charge in [0.2, 0.25) is 0 Å². The molecule has 3 rings (SSSR count). The predicted octanol–water partition coefficient (Wildman–Crippen LogP) is 2.26. The minimum atomic E-state index is -0.426. The number of alkyl halides is 1. The summed E-state index contributed by atoms with van der Waals surface area (Å²) in [4.78, 5) is 4.53. The van der Waals surface area contributed by atoms with E-state index in [1.807, 2.05) is 43.4 Å². The molecule has 0 amide bonds. The predicted molar refractivity (Wildman–Crippen MR) is 82.0 cm³/mol. The summed E-state index contributed by atoms with van der Waals surface area (Å²) >= 11 is 0. The van der Waals surface area contributed by atoms with Gasteiger partial charge in [0.05, 0.1) is 13.1 Å². The second kappa shape index (κ2) is 6.38. The van der Waals surface area contributed by atoms with Crippen molar-refractivity contribution in [2.75, 3.05) is 12.0 Å². The molecule has 0 unspecified atom stereocenters. The molecular formula is C15H17FN6. The van der Waals surface area contributed by atoms with E-state index in [4.69, 9.17) is 0 Å². The van der Waals surface area contributed by atoms with E-state index in [1.54, 1.807) is 15.6 Å². The van der Waals surface area contributed by atoms with Gasteiger partial charge in [0.15, 0.2) is 5.82 Å². The molecule has 0 fully saturated rings. The number of rotatable bonds is 6. The van der Waals surface area contributed by atoms with Gasteiger partial charge in [-0.2, -0.15) is 10.2 Å². The first-order chi connectivity index (χ1) is 10.8. The lowest BCUT2D eigenvalue weighted by Crippen LogP contribution is -2.08. The Morgan fingerprint density at radius 1 is 1.14 bits per heavy atom. The minimum Gasteiger partial charge on any atom is -0.361 e. The Balaban J connectivity index is 1.69. The third-order valence-corrected chi connectivity index (χ3v) is 3.27. The van der Waals surface area contributed by atoms with Gasteiger partial charge < -0.3 is 5.32 Å². The van der Waals surface area contributed by atoms with Crippen LogP contribution in [0.2, 0.25) is 0 Å². The van der Waals surface area contributed by atoms with E-state index < -0.39 is 6.67 Å². The molecule has 2 aromatic heterocycles. The Morgan fingerprint density at radius 3 is 2.73 bits per heavy atom. The number of anilines is 1. The molecule has 0 bridgehead atoms. The largest absolute Gasteiger partial charge is 0.361 e. The SMILES string of the molecule is Cn1nc(-c2ccccc2)nc1CNc1ccn(CCF)n1. The third-order valence-electron chi connectivity index (χ3n) is 3.27. The molecule has 0 saturated carbocycles. The zero-order chi connectivity index (χ0) is 15.4. The highest BCUT2D eigenvalue weighted by Crippen LogP contribution is 2.15. The van der Waals surface area contributed by atoms with Crippen molar-refractivity contribution in [2.24, 2.45) is 7.05 Å². The number of aryl methyl sites for hydroxylation is 2. The first-order valence-corrected chi connectivity index (χ1v) is 7.05. The van der Waals surface area contributed by atoms with Gasteiger partial charge in [0, 0.05) is 24.9 Å². The molecule has 0 atom stereocenters. The van der Waals surface area contributed by atoms with Crippen molar-refractivity contribution >= 4 is 5.82 Å². The Labute approximate surface area is 127 Å². The maximum absolute atomic E-state index is 12.3. The van der Waals surface area contributed by atoms with Gasteiger partial charge in [0.1, 0.15) is 18.3 Å². The Bertz CT molecular complexity index is 734. The highest BCUT2D eigenvalue weighted by atomic mass is 19.1. The molecule has 0 spiro atoms. The van der Waals surface area contributed by atoms with Gasteiger partial charge in [-0.25, -0.2) is 9.37 Å². The highest BCUT2D eigenvalue weighted by Gasteiger charge is 2.09. The van der Waals surface area contributed by atoms with Crippen LogP contribution < -0.4 is 5.32 Å². The lowest BCUT2D eigenvalue weighted by molar-refractivity contribution is 0.427. The molecular weight excluding hydrogens is 283 g/mol. The molecule has 1 N–H and O–H groups in total. The van der Waals surface area contributed by atoms with Gasteiger partial charge in [-0.3, -0.25) is 9.36 Å². The third kappa shape index (κ3) is 3.13. The quantitative estimate of drug-likeness (QED) is 0.758. The second-order valence-corrected chi connectivity index (χ2v) is 4.85. The van der Waals surface area contributed by atoms with Crippen LogP contribution in [0.1, 0.15) is 5.82 Å². The van der Waals surface area contributed by atoms with Crippen molar-refractivity contribution in [3.8, 4) is 11.4 Å². The van der Waals surface area contributed by atoms with Crippen LogP contribution in [0, 0.1) is 0 Å². The maximum Gasteiger partial charge on any atom is 0.181 e. The minimum absolute atomic E-state index is 0.268. The van der Waals surface area contributed by atoms with Crippen molar-refractivity contribution in [3.63, 3.8) is 0 Å². The van der Waals surface area contributed by atoms with Crippen LogP contribution in [0.3, 0.4) is 0 Å². The number of nitrogens with zero attached hydrogens (tertiary/aromatic N) is 5. The van der Waals surface area contributed by atoms with Crippen molar-refractivity contribution in [3.05, 3.63) is 48.4 Å². The summed E-state index contributed by atoms with van der Waals surface area (Å²) in [6, 6.07) is 11.6. The first-order valence-electron chi connectivity index (χ1n) is 7.05. The van der Waals surface area contributed by atoms with Crippen molar-refractivity contribution in [2.45, 2.75) is 13.1 Å². The molecule has 0 aliphatic carbocycles. The summed E-state index contributed by atoms with van der Waals surface area (Å²) in [6.45, 7) is 0.345. The number of aromatic nitrogens is 5. The summed E-state index contributed by atoms with van der Waals surface area (Å²) in [6.07, 6.45) is 1.74. The topological polar surface area (TPSA) is 60.6 Å². The smallest absolute Gasteiger partial charge is 0.181 e. The fourth-order valence-electron chi connectivity index (χ4n) is 2.12. The van der Waals surface area contributed by atoms with Crippen molar-refractivity contribution in [1.29, 1.82) is 0 Å². The summed E-state index contributed by atoms with van der Waals surface area (Å²) in [5.74, 6) is 2.19. The van der Waals surface area contributed by atoms with E-state index in [2.05, 4.69) is 20.5 Å². The van der Waals surface area contributed by atoms with Crippen molar-refractivity contribution in [1.82, 2.24) is 24.5 Å². The normalized spacial score (nSPS) is 10.8. The highest BCUT2D eigenvalue weighted by molar-refractivity contribution is 5.54. The zero-order valence-corrected chi connectivity index (χ0v) is 12.3. The molecule has 3 aromatic rings. The summed E-state index contributed by atoms with van der Waals surface area (Å²) in [5, 5.41) is 11.8. The van der Waals surface area contributed by atoms with E-state index in [9.17, 15) is 4.39 Å². The average molecular weight is 300 g/mol. The molecule has 114 valence electrons. The van der Waals surface area contributed by atoms with E-state index in [0.717, 1.165) is 11.4 Å². The lowest BCUT2D eigenvalue weighted by atomic mass is 10.2. The second-order valence-electron chi connectivity index (χ2n) is 4.85. The van der Waals surface area contributed by atoms with Gasteiger partial charge in [-0.1, -0.05) is 30.3 Å². The molecule has 22 heavy (non-hydrogen) atoms. The number of halogens is 1. The van der Waals surface area contributed by atoms with Crippen molar-refractivity contribution < 1.29 is 4.39 Å². The number of hydrogen-bond donors (Lipinski definition) is 1. The molecule has 7 heteroatoms. The van der Waals surface area contributed by atoms with Crippen LogP contribution in [0.15, 0.2) is 42.6 Å². The summed E-state index contributed by atoms with van der Waals surface area (Å²) in [7, 11) is 1.86. The molecule has 0 saturated heterocycles. The fourth-order valence-corrected chi connectivity index (χ4v) is 2.12. The molecule has 2 heterocycles. The molecule has 1 aromatic carbocycles. The standard InChI is InChI=1S/C15H17FN6/c1-21-14(11-17-13-7-9-22(19-13)10-8-16)18-15(20-21)12-5-3-2-4-6-12/h2-7,9H,8,10-11H2,1H3,(H,17,19). The van der Waals surface area contributed by atoms with Crippen LogP contribution in [-0.4, -0.2) is 31.2 Å². The van der Waals surface area contributed by atoms with Gasteiger partial charge in [-0.05, 0) is 0 Å². The molecule has 0 radical (unpaired) electrons. The monoisotopic (exact) mass is 300 g/mol. The van der Waals surface area contributed by atoms with Gasteiger partial charge in [-0.15, -0.1) is 0 Å². The van der Waals surface area contributed by atoms with E-state index in [0.29, 0.717) is 18.2 Å². The van der Waals surface area contributed by atoms with E-state index in [1.165, 1.54) is 0 Å². The lowest BCUT2D eigenvalue weighted by Gasteiger charge is -2.01. The maximum atomic E-state index is 12.3. The Hall–Kier alpha value is -2.70.